The zero-order valence-electron chi connectivity index (χ0n) is 17.6. The number of nitrogens with one attached hydrogen (secondary N) is 1. The van der Waals surface area contributed by atoms with E-state index in [1.54, 1.807) is 12.3 Å². The second-order valence-electron chi connectivity index (χ2n) is 8.33. The molecular formula is C21H33FN6O2. The largest absolute Gasteiger partial charge is 0.379 e. The number of pyridine rings is 1. The lowest BCUT2D eigenvalue weighted by Crippen LogP contribution is -2.47. The van der Waals surface area contributed by atoms with Crippen molar-refractivity contribution in [2.45, 2.75) is 18.9 Å². The van der Waals surface area contributed by atoms with Crippen molar-refractivity contribution in [2.24, 2.45) is 0 Å². The van der Waals surface area contributed by atoms with Gasteiger partial charge in [-0.1, -0.05) is 0 Å². The van der Waals surface area contributed by atoms with Gasteiger partial charge in [-0.05, 0) is 25.0 Å². The van der Waals surface area contributed by atoms with Gasteiger partial charge in [0.15, 0.2) is 11.6 Å². The molecule has 4 heterocycles. The van der Waals surface area contributed by atoms with Gasteiger partial charge < -0.3 is 19.9 Å². The SMILES string of the molecule is O=C(NC1CCN(CCN2CCOCC2)C1)N1CCCN(c2ncccc2F)CC1. The summed E-state index contributed by atoms with van der Waals surface area (Å²) in [5.41, 5.74) is 0. The molecule has 0 bridgehead atoms. The Balaban J connectivity index is 1.20. The Kier molecular flexibility index (Phi) is 7.35. The van der Waals surface area contributed by atoms with Crippen LogP contribution in [0.4, 0.5) is 15.0 Å². The van der Waals surface area contributed by atoms with Gasteiger partial charge >= 0.3 is 6.03 Å². The Morgan fingerprint density at radius 3 is 2.77 bits per heavy atom. The summed E-state index contributed by atoms with van der Waals surface area (Å²) in [6.07, 6.45) is 3.41. The predicted octanol–water partition coefficient (Wildman–Crippen LogP) is 0.849. The average molecular weight is 421 g/mol. The van der Waals surface area contributed by atoms with Crippen LogP contribution in [0.5, 0.6) is 0 Å². The van der Waals surface area contributed by atoms with E-state index in [4.69, 9.17) is 4.74 Å². The maximum atomic E-state index is 14.0. The van der Waals surface area contributed by atoms with E-state index in [9.17, 15) is 9.18 Å². The quantitative estimate of drug-likeness (QED) is 0.762. The first-order chi connectivity index (χ1) is 14.7. The Morgan fingerprint density at radius 2 is 1.93 bits per heavy atom. The molecule has 4 rings (SSSR count). The van der Waals surface area contributed by atoms with Gasteiger partial charge in [0, 0.05) is 77.7 Å². The van der Waals surface area contributed by atoms with Gasteiger partial charge in [-0.25, -0.2) is 14.2 Å². The fourth-order valence-corrected chi connectivity index (χ4v) is 4.47. The Bertz CT molecular complexity index is 702. The van der Waals surface area contributed by atoms with Crippen LogP contribution in [-0.2, 0) is 4.74 Å². The van der Waals surface area contributed by atoms with Gasteiger partial charge in [0.1, 0.15) is 0 Å². The third-order valence-electron chi connectivity index (χ3n) is 6.26. The first kappa shape index (κ1) is 21.3. The molecule has 8 nitrogen and oxygen atoms in total. The molecule has 9 heteroatoms. The molecule has 2 amide bonds. The summed E-state index contributed by atoms with van der Waals surface area (Å²) in [5, 5.41) is 3.21. The molecule has 1 N–H and O–H groups in total. The minimum atomic E-state index is -0.307. The third-order valence-corrected chi connectivity index (χ3v) is 6.26. The number of ether oxygens (including phenoxy) is 1. The smallest absolute Gasteiger partial charge is 0.317 e. The summed E-state index contributed by atoms with van der Waals surface area (Å²) < 4.78 is 19.4. The number of morpholine rings is 1. The van der Waals surface area contributed by atoms with E-state index >= 15 is 0 Å². The zero-order chi connectivity index (χ0) is 20.8. The van der Waals surface area contributed by atoms with Gasteiger partial charge in [-0.3, -0.25) is 9.80 Å². The number of carbonyl (C=O) groups excluding carboxylic acids is 1. The summed E-state index contributed by atoms with van der Waals surface area (Å²) in [6.45, 7) is 10.3. The topological polar surface area (TPSA) is 64.2 Å². The van der Waals surface area contributed by atoms with Crippen molar-refractivity contribution in [3.63, 3.8) is 0 Å². The lowest BCUT2D eigenvalue weighted by Gasteiger charge is -2.28. The zero-order valence-corrected chi connectivity index (χ0v) is 17.6. The molecule has 0 radical (unpaired) electrons. The summed E-state index contributed by atoms with van der Waals surface area (Å²) in [5.74, 6) is 0.0741. The van der Waals surface area contributed by atoms with Gasteiger partial charge in [0.05, 0.1) is 13.2 Å². The van der Waals surface area contributed by atoms with Gasteiger partial charge in [-0.2, -0.15) is 0 Å². The summed E-state index contributed by atoms with van der Waals surface area (Å²) in [7, 11) is 0. The molecule has 0 aliphatic carbocycles. The molecule has 1 unspecified atom stereocenters. The van der Waals surface area contributed by atoms with E-state index in [0.29, 0.717) is 32.0 Å². The highest BCUT2D eigenvalue weighted by atomic mass is 19.1. The standard InChI is InChI=1S/C21H33FN6O2/c22-19-3-1-5-23-20(19)27-6-2-7-28(12-11-27)21(29)24-18-4-8-26(17-18)10-9-25-13-15-30-16-14-25/h1,3,5,18H,2,4,6-17H2,(H,24,29). The second kappa shape index (κ2) is 10.4. The summed E-state index contributed by atoms with van der Waals surface area (Å²) in [6, 6.07) is 3.23. The van der Waals surface area contributed by atoms with Crippen molar-refractivity contribution in [2.75, 3.05) is 83.6 Å². The van der Waals surface area contributed by atoms with Crippen molar-refractivity contribution in [3.8, 4) is 0 Å². The highest BCUT2D eigenvalue weighted by Gasteiger charge is 2.27. The van der Waals surface area contributed by atoms with E-state index in [1.807, 2.05) is 9.80 Å². The molecule has 166 valence electrons. The molecule has 1 aromatic heterocycles. The fraction of sp³-hybridized carbons (Fsp3) is 0.714. The molecule has 0 aromatic carbocycles. The number of likely N-dealkylation sites (tertiary alicyclic amines) is 1. The molecule has 0 saturated carbocycles. The Hall–Kier alpha value is -1.97. The van der Waals surface area contributed by atoms with Crippen molar-refractivity contribution < 1.29 is 13.9 Å². The highest BCUT2D eigenvalue weighted by molar-refractivity contribution is 5.74. The van der Waals surface area contributed by atoms with Gasteiger partial charge in [0.2, 0.25) is 0 Å². The molecule has 0 spiro atoms. The Labute approximate surface area is 178 Å². The highest BCUT2D eigenvalue weighted by Crippen LogP contribution is 2.17. The second-order valence-corrected chi connectivity index (χ2v) is 8.33. The number of halogens is 1. The molecule has 1 aromatic rings. The van der Waals surface area contributed by atoms with Crippen molar-refractivity contribution >= 4 is 11.8 Å². The van der Waals surface area contributed by atoms with E-state index in [1.165, 1.54) is 6.07 Å². The van der Waals surface area contributed by atoms with E-state index < -0.39 is 0 Å². The van der Waals surface area contributed by atoms with Crippen LogP contribution in [0.3, 0.4) is 0 Å². The third kappa shape index (κ3) is 5.59. The molecule has 3 aliphatic heterocycles. The number of anilines is 1. The van der Waals surface area contributed by atoms with Crippen LogP contribution >= 0.6 is 0 Å². The number of hydrogen-bond donors (Lipinski definition) is 1. The van der Waals surface area contributed by atoms with Crippen LogP contribution in [0.15, 0.2) is 18.3 Å². The van der Waals surface area contributed by atoms with Crippen LogP contribution in [0.1, 0.15) is 12.8 Å². The van der Waals surface area contributed by atoms with E-state index in [0.717, 1.165) is 65.3 Å². The summed E-state index contributed by atoms with van der Waals surface area (Å²) >= 11 is 0. The molecular weight excluding hydrogens is 387 g/mol. The number of aromatic nitrogens is 1. The van der Waals surface area contributed by atoms with Crippen LogP contribution in [0.2, 0.25) is 0 Å². The van der Waals surface area contributed by atoms with Gasteiger partial charge in [0.25, 0.3) is 0 Å². The predicted molar refractivity (Wildman–Crippen MR) is 113 cm³/mol. The summed E-state index contributed by atoms with van der Waals surface area (Å²) in [4.78, 5) is 25.6. The van der Waals surface area contributed by atoms with Crippen molar-refractivity contribution in [1.29, 1.82) is 0 Å². The molecule has 1 atom stereocenters. The van der Waals surface area contributed by atoms with Crippen LogP contribution < -0.4 is 10.2 Å². The van der Waals surface area contributed by atoms with Crippen LogP contribution in [0.25, 0.3) is 0 Å². The first-order valence-corrected chi connectivity index (χ1v) is 11.1. The Morgan fingerprint density at radius 1 is 1.10 bits per heavy atom. The maximum absolute atomic E-state index is 14.0. The average Bonchev–Trinajstić information content (AvgIpc) is 3.06. The number of nitrogens with zero attached hydrogens (tertiary/aromatic N) is 5. The number of rotatable bonds is 5. The maximum Gasteiger partial charge on any atom is 0.317 e. The van der Waals surface area contributed by atoms with Crippen molar-refractivity contribution in [3.05, 3.63) is 24.1 Å². The first-order valence-electron chi connectivity index (χ1n) is 11.1. The number of hydrogen-bond acceptors (Lipinski definition) is 6. The normalized spacial score (nSPS) is 24.1. The van der Waals surface area contributed by atoms with E-state index in [2.05, 4.69) is 20.1 Å². The number of amides is 2. The number of urea groups is 1. The molecule has 3 saturated heterocycles. The number of carbonyl (C=O) groups is 1. The van der Waals surface area contributed by atoms with E-state index in [-0.39, 0.29) is 17.9 Å². The lowest BCUT2D eigenvalue weighted by molar-refractivity contribution is 0.0343. The van der Waals surface area contributed by atoms with Gasteiger partial charge in [-0.15, -0.1) is 0 Å². The monoisotopic (exact) mass is 420 g/mol. The lowest BCUT2D eigenvalue weighted by atomic mass is 10.3. The fourth-order valence-electron chi connectivity index (χ4n) is 4.47. The molecule has 30 heavy (non-hydrogen) atoms. The minimum Gasteiger partial charge on any atom is -0.379 e. The minimum absolute atomic E-state index is 0.00151. The molecule has 3 aliphatic rings. The van der Waals surface area contributed by atoms with Crippen LogP contribution in [-0.4, -0.2) is 110 Å². The molecule has 3 fully saturated rings. The van der Waals surface area contributed by atoms with Crippen molar-refractivity contribution in [1.82, 2.24) is 25.0 Å². The van der Waals surface area contributed by atoms with Crippen LogP contribution in [0, 0.1) is 5.82 Å².